The third kappa shape index (κ3) is 4.53. The van der Waals surface area contributed by atoms with E-state index in [-0.39, 0.29) is 5.56 Å². The number of ether oxygens (including phenoxy) is 1. The molecule has 3 amide bonds. The number of aromatic nitrogens is 1. The molecule has 3 aromatic rings. The van der Waals surface area contributed by atoms with Crippen molar-refractivity contribution in [3.8, 4) is 11.3 Å². The number of fused-ring (bicyclic) bond motifs is 1. The lowest BCUT2D eigenvalue weighted by Crippen LogP contribution is -2.41. The smallest absolute Gasteiger partial charge is 0.338 e. The van der Waals surface area contributed by atoms with Gasteiger partial charge in [0.2, 0.25) is 0 Å². The zero-order chi connectivity index (χ0) is 19.9. The van der Waals surface area contributed by atoms with Crippen LogP contribution in [0.15, 0.2) is 53.1 Å². The zero-order valence-electron chi connectivity index (χ0n) is 15.2. The molecule has 144 valence electrons. The molecule has 2 N–H and O–H groups in total. The van der Waals surface area contributed by atoms with Gasteiger partial charge in [-0.2, -0.15) is 0 Å². The second kappa shape index (κ2) is 8.81. The van der Waals surface area contributed by atoms with E-state index in [1.807, 2.05) is 37.3 Å². The maximum Gasteiger partial charge on any atom is 0.338 e. The van der Waals surface area contributed by atoms with Crippen LogP contribution in [0, 0.1) is 0 Å². The van der Waals surface area contributed by atoms with Gasteiger partial charge in [0.15, 0.2) is 12.4 Å². The van der Waals surface area contributed by atoms with Gasteiger partial charge in [-0.1, -0.05) is 42.4 Å². The molecule has 0 aliphatic carbocycles. The third-order valence-electron chi connectivity index (χ3n) is 3.87. The number of esters is 1. The normalized spacial score (nSPS) is 10.5. The summed E-state index contributed by atoms with van der Waals surface area (Å²) in [5.74, 6) is -0.861. The molecule has 8 heteroatoms. The highest BCUT2D eigenvalue weighted by Gasteiger charge is 2.16. The predicted octanol–water partition coefficient (Wildman–Crippen LogP) is 2.89. The number of hydrogen-bond acceptors (Lipinski definition) is 6. The van der Waals surface area contributed by atoms with Gasteiger partial charge in [0.1, 0.15) is 5.52 Å². The minimum absolute atomic E-state index is 0.246. The number of urea groups is 1. The Labute approximate surface area is 160 Å². The molecule has 8 nitrogen and oxygen atoms in total. The third-order valence-corrected chi connectivity index (χ3v) is 3.87. The average Bonchev–Trinajstić information content (AvgIpc) is 3.14. The quantitative estimate of drug-likeness (QED) is 0.635. The van der Waals surface area contributed by atoms with Crippen molar-refractivity contribution in [3.05, 3.63) is 54.1 Å². The van der Waals surface area contributed by atoms with Gasteiger partial charge in [0, 0.05) is 12.1 Å². The molecule has 0 aliphatic rings. The summed E-state index contributed by atoms with van der Waals surface area (Å²) >= 11 is 0. The molecule has 1 heterocycles. The van der Waals surface area contributed by atoms with E-state index in [9.17, 15) is 14.4 Å². The van der Waals surface area contributed by atoms with Crippen LogP contribution in [-0.4, -0.2) is 36.2 Å². The van der Waals surface area contributed by atoms with Gasteiger partial charge >= 0.3 is 12.0 Å². The van der Waals surface area contributed by atoms with Gasteiger partial charge in [0.25, 0.3) is 5.91 Å². The first-order valence-electron chi connectivity index (χ1n) is 8.78. The molecule has 0 radical (unpaired) electrons. The lowest BCUT2D eigenvalue weighted by atomic mass is 10.1. The van der Waals surface area contributed by atoms with Gasteiger partial charge < -0.3 is 14.6 Å². The van der Waals surface area contributed by atoms with E-state index in [4.69, 9.17) is 9.26 Å². The van der Waals surface area contributed by atoms with Crippen molar-refractivity contribution in [3.63, 3.8) is 0 Å². The highest BCUT2D eigenvalue weighted by atomic mass is 16.5. The summed E-state index contributed by atoms with van der Waals surface area (Å²) in [5.41, 5.74) is 1.67. The van der Waals surface area contributed by atoms with Crippen LogP contribution in [0.5, 0.6) is 0 Å². The SMILES string of the molecule is CCCNC(=O)NC(=O)COC(=O)c1ccc2noc(-c3ccccc3)c2c1. The Hall–Kier alpha value is -3.68. The molecular weight excluding hydrogens is 362 g/mol. The van der Waals surface area contributed by atoms with Crippen molar-refractivity contribution >= 4 is 28.8 Å². The number of nitrogens with one attached hydrogen (secondary N) is 2. The minimum Gasteiger partial charge on any atom is -0.452 e. The summed E-state index contributed by atoms with van der Waals surface area (Å²) in [7, 11) is 0. The number of hydrogen-bond donors (Lipinski definition) is 2. The summed E-state index contributed by atoms with van der Waals surface area (Å²) in [6, 6.07) is 13.5. The summed E-state index contributed by atoms with van der Waals surface area (Å²) in [5, 5.41) is 9.23. The molecule has 0 spiro atoms. The van der Waals surface area contributed by atoms with Gasteiger partial charge in [-0.15, -0.1) is 0 Å². The number of imide groups is 1. The van der Waals surface area contributed by atoms with E-state index in [1.54, 1.807) is 12.1 Å². The Morgan fingerprint density at radius 2 is 1.89 bits per heavy atom. The summed E-state index contributed by atoms with van der Waals surface area (Å²) in [4.78, 5) is 35.4. The number of nitrogens with zero attached hydrogens (tertiary/aromatic N) is 1. The highest BCUT2D eigenvalue weighted by molar-refractivity contribution is 6.00. The molecule has 1 aromatic heterocycles. The minimum atomic E-state index is -0.710. The fourth-order valence-corrected chi connectivity index (χ4v) is 2.53. The zero-order valence-corrected chi connectivity index (χ0v) is 15.2. The number of rotatable bonds is 6. The molecule has 0 aliphatic heterocycles. The average molecular weight is 381 g/mol. The number of carbonyl (C=O) groups is 3. The number of benzene rings is 2. The van der Waals surface area contributed by atoms with Crippen LogP contribution in [0.3, 0.4) is 0 Å². The van der Waals surface area contributed by atoms with Crippen molar-refractivity contribution in [2.75, 3.05) is 13.2 Å². The molecule has 0 saturated heterocycles. The standard InChI is InChI=1S/C20H19N3O5/c1-2-10-21-20(26)22-17(24)12-27-19(25)14-8-9-16-15(11-14)18(28-23-16)13-6-4-3-5-7-13/h3-9,11H,2,10,12H2,1H3,(H2,21,22,24,26). The predicted molar refractivity (Wildman–Crippen MR) is 102 cm³/mol. The van der Waals surface area contributed by atoms with Crippen molar-refractivity contribution in [1.82, 2.24) is 15.8 Å². The number of carbonyl (C=O) groups excluding carboxylic acids is 3. The first kappa shape index (κ1) is 19.1. The van der Waals surface area contributed by atoms with Gasteiger partial charge in [0.05, 0.1) is 10.9 Å². The first-order chi connectivity index (χ1) is 13.6. The second-order valence-electron chi connectivity index (χ2n) is 5.99. The van der Waals surface area contributed by atoms with E-state index in [1.165, 1.54) is 6.07 Å². The van der Waals surface area contributed by atoms with Crippen LogP contribution in [0.4, 0.5) is 4.79 Å². The number of amides is 3. The molecular formula is C20H19N3O5. The molecule has 0 atom stereocenters. The lowest BCUT2D eigenvalue weighted by molar-refractivity contribution is -0.123. The van der Waals surface area contributed by atoms with E-state index >= 15 is 0 Å². The van der Waals surface area contributed by atoms with Crippen LogP contribution >= 0.6 is 0 Å². The van der Waals surface area contributed by atoms with Crippen molar-refractivity contribution in [2.45, 2.75) is 13.3 Å². The summed E-state index contributed by atoms with van der Waals surface area (Å²) in [6.07, 6.45) is 0.743. The molecule has 0 bridgehead atoms. The van der Waals surface area contributed by atoms with Crippen LogP contribution in [0.25, 0.3) is 22.2 Å². The van der Waals surface area contributed by atoms with Crippen LogP contribution < -0.4 is 10.6 Å². The molecule has 0 fully saturated rings. The summed E-state index contributed by atoms with van der Waals surface area (Å²) in [6.45, 7) is 1.77. The van der Waals surface area contributed by atoms with Crippen molar-refractivity contribution < 1.29 is 23.6 Å². The fourth-order valence-electron chi connectivity index (χ4n) is 2.53. The van der Waals surface area contributed by atoms with Crippen molar-refractivity contribution in [2.24, 2.45) is 0 Å². The largest absolute Gasteiger partial charge is 0.452 e. The maximum atomic E-state index is 12.3. The molecule has 0 saturated carbocycles. The molecule has 2 aromatic carbocycles. The Bertz CT molecular complexity index is 998. The van der Waals surface area contributed by atoms with Crippen molar-refractivity contribution in [1.29, 1.82) is 0 Å². The Morgan fingerprint density at radius 3 is 2.64 bits per heavy atom. The second-order valence-corrected chi connectivity index (χ2v) is 5.99. The van der Waals surface area contributed by atoms with E-state index in [0.717, 1.165) is 12.0 Å². The molecule has 28 heavy (non-hydrogen) atoms. The van der Waals surface area contributed by atoms with Crippen LogP contribution in [0.2, 0.25) is 0 Å². The Balaban J connectivity index is 1.67. The molecule has 0 unspecified atom stereocenters. The highest BCUT2D eigenvalue weighted by Crippen LogP contribution is 2.29. The van der Waals surface area contributed by atoms with Gasteiger partial charge in [-0.05, 0) is 24.6 Å². The monoisotopic (exact) mass is 381 g/mol. The van der Waals surface area contributed by atoms with Gasteiger partial charge in [-0.25, -0.2) is 9.59 Å². The Morgan fingerprint density at radius 1 is 1.11 bits per heavy atom. The van der Waals surface area contributed by atoms with E-state index in [2.05, 4.69) is 15.8 Å². The summed E-state index contributed by atoms with van der Waals surface area (Å²) < 4.78 is 10.4. The van der Waals surface area contributed by atoms with Crippen LogP contribution in [0.1, 0.15) is 23.7 Å². The first-order valence-corrected chi connectivity index (χ1v) is 8.78. The van der Waals surface area contributed by atoms with E-state index < -0.39 is 24.5 Å². The van der Waals surface area contributed by atoms with E-state index in [0.29, 0.717) is 23.2 Å². The van der Waals surface area contributed by atoms with Gasteiger partial charge in [-0.3, -0.25) is 10.1 Å². The topological polar surface area (TPSA) is 111 Å². The fraction of sp³-hybridized carbons (Fsp3) is 0.200. The molecule has 3 rings (SSSR count). The Kier molecular flexibility index (Phi) is 6.01. The maximum absolute atomic E-state index is 12.3. The van der Waals surface area contributed by atoms with Crippen LogP contribution in [-0.2, 0) is 9.53 Å². The lowest BCUT2D eigenvalue weighted by Gasteiger charge is -2.07.